The van der Waals surface area contributed by atoms with Gasteiger partial charge >= 0.3 is 0 Å². The smallest absolute Gasteiger partial charge is 0.142 e. The van der Waals surface area contributed by atoms with E-state index in [4.69, 9.17) is 27.9 Å². The molecular formula is C24H24Cl2FN3O2. The average Bonchev–Trinajstić information content (AvgIpc) is 3.28. The van der Waals surface area contributed by atoms with Crippen LogP contribution in [0, 0.1) is 5.82 Å². The number of carbonyl (C=O) groups excluding carboxylic acids is 1. The van der Waals surface area contributed by atoms with E-state index < -0.39 is 11.9 Å². The molecule has 1 unspecified atom stereocenters. The molecule has 0 spiro atoms. The molecule has 5 nitrogen and oxygen atoms in total. The topological polar surface area (TPSA) is 47.4 Å². The fraction of sp³-hybridized carbons (Fsp3) is 0.333. The predicted molar refractivity (Wildman–Crippen MR) is 124 cm³/mol. The van der Waals surface area contributed by atoms with Crippen molar-refractivity contribution in [3.63, 3.8) is 0 Å². The number of hydrogen-bond donors (Lipinski definition) is 0. The summed E-state index contributed by atoms with van der Waals surface area (Å²) in [4.78, 5) is 17.2. The molecular weight excluding hydrogens is 452 g/mol. The summed E-state index contributed by atoms with van der Waals surface area (Å²) >= 11 is 12.3. The third-order valence-electron chi connectivity index (χ3n) is 5.87. The maximum Gasteiger partial charge on any atom is 0.142 e. The molecule has 3 aromatic rings. The normalized spacial score (nSPS) is 16.1. The van der Waals surface area contributed by atoms with Crippen molar-refractivity contribution in [2.45, 2.75) is 31.9 Å². The number of aldehydes is 1. The molecule has 1 atom stereocenters. The number of rotatable bonds is 7. The number of nitrogens with zero attached hydrogens (tertiary/aromatic N) is 3. The van der Waals surface area contributed by atoms with Crippen LogP contribution < -0.4 is 4.74 Å². The number of ether oxygens (including phenoxy) is 1. The fourth-order valence-electron chi connectivity index (χ4n) is 4.14. The second kappa shape index (κ2) is 10.0. The second-order valence-electron chi connectivity index (χ2n) is 7.97. The second-order valence-corrected chi connectivity index (χ2v) is 8.76. The summed E-state index contributed by atoms with van der Waals surface area (Å²) in [7, 11) is 0. The van der Waals surface area contributed by atoms with Crippen LogP contribution in [0.3, 0.4) is 0 Å². The zero-order valence-electron chi connectivity index (χ0n) is 17.7. The number of halogens is 3. The van der Waals surface area contributed by atoms with Crippen LogP contribution in [0.2, 0.25) is 10.0 Å². The molecule has 3 heterocycles. The van der Waals surface area contributed by atoms with Crippen molar-refractivity contribution in [2.75, 3.05) is 19.6 Å². The summed E-state index contributed by atoms with van der Waals surface area (Å²) in [6.07, 6.45) is 10.0. The monoisotopic (exact) mass is 475 g/mol. The highest BCUT2D eigenvalue weighted by atomic mass is 35.5. The lowest BCUT2D eigenvalue weighted by molar-refractivity contribution is -0.109. The van der Waals surface area contributed by atoms with Gasteiger partial charge < -0.3 is 14.1 Å². The van der Waals surface area contributed by atoms with E-state index in [0.717, 1.165) is 43.3 Å². The van der Waals surface area contributed by atoms with Gasteiger partial charge in [-0.2, -0.15) is 0 Å². The average molecular weight is 476 g/mol. The predicted octanol–water partition coefficient (Wildman–Crippen LogP) is 5.97. The lowest BCUT2D eigenvalue weighted by Gasteiger charge is -2.31. The van der Waals surface area contributed by atoms with Gasteiger partial charge in [-0.15, -0.1) is 0 Å². The molecule has 1 aromatic carbocycles. The van der Waals surface area contributed by atoms with E-state index in [1.165, 1.54) is 12.1 Å². The molecule has 0 amide bonds. The largest absolute Gasteiger partial charge is 0.484 e. The van der Waals surface area contributed by atoms with E-state index in [1.807, 2.05) is 6.07 Å². The van der Waals surface area contributed by atoms with Gasteiger partial charge in [0.05, 0.1) is 17.8 Å². The molecule has 0 radical (unpaired) electrons. The Morgan fingerprint density at radius 2 is 2.00 bits per heavy atom. The summed E-state index contributed by atoms with van der Waals surface area (Å²) in [5, 5.41) is 0.314. The van der Waals surface area contributed by atoms with Gasteiger partial charge in [0, 0.05) is 59.4 Å². The number of aromatic nitrogens is 2. The van der Waals surface area contributed by atoms with Crippen LogP contribution >= 0.6 is 23.2 Å². The summed E-state index contributed by atoms with van der Waals surface area (Å²) in [5.74, 6) is 0.00744. The first-order valence-corrected chi connectivity index (χ1v) is 11.3. The maximum absolute atomic E-state index is 13.9. The first-order chi connectivity index (χ1) is 15.5. The maximum atomic E-state index is 13.9. The van der Waals surface area contributed by atoms with E-state index in [9.17, 15) is 9.18 Å². The molecule has 1 aliphatic heterocycles. The Balaban J connectivity index is 1.47. The van der Waals surface area contributed by atoms with Gasteiger partial charge in [-0.25, -0.2) is 4.39 Å². The van der Waals surface area contributed by atoms with Crippen LogP contribution in [0.25, 0.3) is 11.1 Å². The quantitative estimate of drug-likeness (QED) is 0.311. The van der Waals surface area contributed by atoms with Crippen LogP contribution in [0.4, 0.5) is 4.39 Å². The summed E-state index contributed by atoms with van der Waals surface area (Å²) in [6, 6.07) is 7.08. The lowest BCUT2D eigenvalue weighted by atomic mass is 10.1. The summed E-state index contributed by atoms with van der Waals surface area (Å²) in [6.45, 7) is 4.12. The summed E-state index contributed by atoms with van der Waals surface area (Å²) < 4.78 is 22.1. The van der Waals surface area contributed by atoms with Crippen LogP contribution in [0.15, 0.2) is 49.1 Å². The molecule has 168 valence electrons. The minimum atomic E-state index is -0.552. The number of piperidine rings is 1. The van der Waals surface area contributed by atoms with Crippen LogP contribution in [0.1, 0.15) is 37.5 Å². The Morgan fingerprint density at radius 3 is 2.75 bits per heavy atom. The minimum absolute atomic E-state index is 0.0367. The first kappa shape index (κ1) is 22.8. The molecule has 1 fully saturated rings. The molecule has 0 bridgehead atoms. The van der Waals surface area contributed by atoms with E-state index in [-0.39, 0.29) is 5.02 Å². The lowest BCUT2D eigenvalue weighted by Crippen LogP contribution is -2.35. The van der Waals surface area contributed by atoms with E-state index >= 15 is 0 Å². The summed E-state index contributed by atoms with van der Waals surface area (Å²) in [5.41, 5.74) is 2.36. The van der Waals surface area contributed by atoms with Crippen molar-refractivity contribution in [3.8, 4) is 16.9 Å². The molecule has 1 aliphatic rings. The number of likely N-dealkylation sites (tertiary alicyclic amines) is 1. The van der Waals surface area contributed by atoms with Gasteiger partial charge in [-0.1, -0.05) is 23.2 Å². The Morgan fingerprint density at radius 1 is 1.22 bits per heavy atom. The Bertz CT molecular complexity index is 1100. The Hall–Kier alpha value is -2.41. The van der Waals surface area contributed by atoms with Crippen LogP contribution in [-0.2, 0) is 4.79 Å². The number of carbonyl (C=O) groups is 1. The first-order valence-electron chi connectivity index (χ1n) is 10.5. The fourth-order valence-corrected chi connectivity index (χ4v) is 4.81. The molecule has 4 rings (SSSR count). The van der Waals surface area contributed by atoms with Gasteiger partial charge in [-0.3, -0.25) is 9.88 Å². The van der Waals surface area contributed by atoms with Gasteiger partial charge in [-0.05, 0) is 44.0 Å². The highest BCUT2D eigenvalue weighted by Crippen LogP contribution is 2.35. The Labute approximate surface area is 196 Å². The van der Waals surface area contributed by atoms with Crippen molar-refractivity contribution in [1.29, 1.82) is 0 Å². The number of hydrogen-bond acceptors (Lipinski definition) is 4. The van der Waals surface area contributed by atoms with E-state index in [1.54, 1.807) is 19.3 Å². The Kier molecular flexibility index (Phi) is 7.13. The molecule has 1 saturated heterocycles. The minimum Gasteiger partial charge on any atom is -0.484 e. The van der Waals surface area contributed by atoms with Gasteiger partial charge in [0.15, 0.2) is 0 Å². The van der Waals surface area contributed by atoms with Crippen molar-refractivity contribution >= 4 is 29.5 Å². The highest BCUT2D eigenvalue weighted by Gasteiger charge is 2.21. The van der Waals surface area contributed by atoms with E-state index in [2.05, 4.69) is 32.9 Å². The van der Waals surface area contributed by atoms with Crippen molar-refractivity contribution in [3.05, 3.63) is 70.5 Å². The van der Waals surface area contributed by atoms with Crippen LogP contribution in [0.5, 0.6) is 5.75 Å². The highest BCUT2D eigenvalue weighted by molar-refractivity contribution is 6.36. The third kappa shape index (κ3) is 4.98. The van der Waals surface area contributed by atoms with E-state index in [0.29, 0.717) is 28.9 Å². The van der Waals surface area contributed by atoms with Gasteiger partial charge in [0.25, 0.3) is 0 Å². The van der Waals surface area contributed by atoms with Crippen molar-refractivity contribution in [1.82, 2.24) is 14.5 Å². The zero-order valence-corrected chi connectivity index (χ0v) is 19.2. The van der Waals surface area contributed by atoms with Crippen LogP contribution in [-0.4, -0.2) is 40.4 Å². The van der Waals surface area contributed by atoms with Crippen molar-refractivity contribution in [2.24, 2.45) is 0 Å². The number of benzene rings is 1. The SMILES string of the molecule is CC(Oc1cncc(-c2ccn(C3CCN(CC=O)CC3)c2)c1)c1c(Cl)ccc(F)c1Cl. The van der Waals surface area contributed by atoms with Gasteiger partial charge in [0.2, 0.25) is 0 Å². The molecule has 0 aliphatic carbocycles. The van der Waals surface area contributed by atoms with Gasteiger partial charge in [0.1, 0.15) is 24.0 Å². The number of pyridine rings is 1. The molecule has 0 saturated carbocycles. The third-order valence-corrected chi connectivity index (χ3v) is 6.58. The zero-order chi connectivity index (χ0) is 22.7. The van der Waals surface area contributed by atoms with Crippen molar-refractivity contribution < 1.29 is 13.9 Å². The molecule has 32 heavy (non-hydrogen) atoms. The standard InChI is InChI=1S/C24H24Cl2FN3O2/c1-16(23-21(25)2-3-22(27)24(23)26)32-20-12-18(13-28-14-20)17-4-9-30(15-17)19-5-7-29(8-6-19)10-11-31/h2-4,9,11-16,19H,5-8,10H2,1H3. The molecule has 0 N–H and O–H groups in total. The molecule has 8 heteroatoms. The molecule has 2 aromatic heterocycles.